The molecule has 3 aromatic rings. The molecule has 1 heterocycles. The largest absolute Gasteiger partial charge is 0.398 e. The lowest BCUT2D eigenvalue weighted by Gasteiger charge is -2.16. The van der Waals surface area contributed by atoms with Crippen LogP contribution in [0.25, 0.3) is 11.3 Å². The third-order valence-corrected chi connectivity index (χ3v) is 6.17. The van der Waals surface area contributed by atoms with E-state index >= 15 is 0 Å². The SMILES string of the molecule is Cc1cc(Cc2nc(-c3ccc4c(c3)CCCC4)cs2)c(Cl)cc1N. The molecule has 0 atom stereocenters. The molecule has 4 heteroatoms. The summed E-state index contributed by atoms with van der Waals surface area (Å²) in [5, 5.41) is 3.95. The average molecular weight is 369 g/mol. The van der Waals surface area contributed by atoms with E-state index in [0.29, 0.717) is 5.02 Å². The first-order valence-electron chi connectivity index (χ1n) is 8.71. The fourth-order valence-corrected chi connectivity index (χ4v) is 4.54. The van der Waals surface area contributed by atoms with Crippen LogP contribution in [0.3, 0.4) is 0 Å². The third-order valence-electron chi connectivity index (χ3n) is 4.97. The van der Waals surface area contributed by atoms with E-state index < -0.39 is 0 Å². The molecule has 1 aromatic heterocycles. The van der Waals surface area contributed by atoms with Crippen LogP contribution in [0.5, 0.6) is 0 Å². The Balaban J connectivity index is 1.59. The number of hydrogen-bond donors (Lipinski definition) is 1. The van der Waals surface area contributed by atoms with Gasteiger partial charge in [0, 0.05) is 28.1 Å². The summed E-state index contributed by atoms with van der Waals surface area (Å²) in [6, 6.07) is 10.7. The lowest BCUT2D eigenvalue weighted by atomic mass is 9.90. The smallest absolute Gasteiger partial charge is 0.0977 e. The minimum atomic E-state index is 0.716. The highest BCUT2D eigenvalue weighted by Gasteiger charge is 2.13. The molecule has 0 fully saturated rings. The van der Waals surface area contributed by atoms with Gasteiger partial charge in [-0.1, -0.05) is 29.8 Å². The first-order valence-corrected chi connectivity index (χ1v) is 9.97. The van der Waals surface area contributed by atoms with Gasteiger partial charge in [0.25, 0.3) is 0 Å². The predicted molar refractivity (Wildman–Crippen MR) is 108 cm³/mol. The van der Waals surface area contributed by atoms with E-state index in [1.165, 1.54) is 42.4 Å². The van der Waals surface area contributed by atoms with Crippen molar-refractivity contribution in [3.05, 3.63) is 68.0 Å². The van der Waals surface area contributed by atoms with Crippen LogP contribution in [-0.4, -0.2) is 4.98 Å². The topological polar surface area (TPSA) is 38.9 Å². The molecular formula is C21H21ClN2S. The molecule has 0 radical (unpaired) electrons. The first kappa shape index (κ1) is 16.6. The maximum absolute atomic E-state index is 6.35. The Labute approximate surface area is 157 Å². The number of nitrogens with zero attached hydrogens (tertiary/aromatic N) is 1. The number of benzene rings is 2. The van der Waals surface area contributed by atoms with Crippen LogP contribution in [0.4, 0.5) is 5.69 Å². The van der Waals surface area contributed by atoms with Gasteiger partial charge in [0.1, 0.15) is 0 Å². The molecule has 0 spiro atoms. The number of aryl methyl sites for hydroxylation is 3. The number of anilines is 1. The Kier molecular flexibility index (Phi) is 4.53. The van der Waals surface area contributed by atoms with E-state index in [0.717, 1.165) is 33.9 Å². The number of rotatable bonds is 3. The van der Waals surface area contributed by atoms with Gasteiger partial charge in [-0.2, -0.15) is 0 Å². The second-order valence-electron chi connectivity index (χ2n) is 6.79. The summed E-state index contributed by atoms with van der Waals surface area (Å²) in [6.07, 6.45) is 5.77. The Morgan fingerprint density at radius 1 is 1.12 bits per heavy atom. The Hall–Kier alpha value is -1.84. The van der Waals surface area contributed by atoms with Gasteiger partial charge >= 0.3 is 0 Å². The number of nitrogen functional groups attached to an aromatic ring is 1. The van der Waals surface area contributed by atoms with Crippen molar-refractivity contribution in [3.63, 3.8) is 0 Å². The Bertz CT molecular complexity index is 930. The minimum Gasteiger partial charge on any atom is -0.398 e. The van der Waals surface area contributed by atoms with Crippen molar-refractivity contribution in [2.75, 3.05) is 5.73 Å². The van der Waals surface area contributed by atoms with E-state index in [1.807, 2.05) is 13.0 Å². The number of thiazole rings is 1. The lowest BCUT2D eigenvalue weighted by molar-refractivity contribution is 0.686. The molecule has 2 N–H and O–H groups in total. The number of aromatic nitrogens is 1. The number of hydrogen-bond acceptors (Lipinski definition) is 3. The van der Waals surface area contributed by atoms with Crippen molar-refractivity contribution < 1.29 is 0 Å². The van der Waals surface area contributed by atoms with Crippen LogP contribution in [0, 0.1) is 6.92 Å². The quantitative estimate of drug-likeness (QED) is 0.591. The molecule has 2 aromatic carbocycles. The zero-order chi connectivity index (χ0) is 17.4. The predicted octanol–water partition coefficient (Wildman–Crippen LogP) is 5.82. The number of fused-ring (bicyclic) bond motifs is 1. The Morgan fingerprint density at radius 3 is 2.76 bits per heavy atom. The van der Waals surface area contributed by atoms with Crippen LogP contribution >= 0.6 is 22.9 Å². The van der Waals surface area contributed by atoms with Crippen molar-refractivity contribution in [1.29, 1.82) is 0 Å². The van der Waals surface area contributed by atoms with Gasteiger partial charge in [-0.05, 0) is 67.0 Å². The van der Waals surface area contributed by atoms with Crippen LogP contribution in [0.15, 0.2) is 35.7 Å². The monoisotopic (exact) mass is 368 g/mol. The number of halogens is 1. The summed E-state index contributed by atoms with van der Waals surface area (Å²) in [6.45, 7) is 2.01. The fraction of sp³-hybridized carbons (Fsp3) is 0.286. The minimum absolute atomic E-state index is 0.716. The van der Waals surface area contributed by atoms with Gasteiger partial charge in [-0.3, -0.25) is 0 Å². The van der Waals surface area contributed by atoms with E-state index in [4.69, 9.17) is 22.3 Å². The molecule has 1 aliphatic carbocycles. The highest BCUT2D eigenvalue weighted by molar-refractivity contribution is 7.10. The van der Waals surface area contributed by atoms with Crippen molar-refractivity contribution in [2.24, 2.45) is 0 Å². The van der Waals surface area contributed by atoms with Crippen LogP contribution < -0.4 is 5.73 Å². The zero-order valence-electron chi connectivity index (χ0n) is 14.3. The highest BCUT2D eigenvalue weighted by Crippen LogP contribution is 2.30. The fourth-order valence-electron chi connectivity index (χ4n) is 3.47. The average Bonchev–Trinajstić information content (AvgIpc) is 3.08. The maximum Gasteiger partial charge on any atom is 0.0977 e. The summed E-state index contributed by atoms with van der Waals surface area (Å²) in [4.78, 5) is 4.85. The van der Waals surface area contributed by atoms with Gasteiger partial charge < -0.3 is 5.73 Å². The van der Waals surface area contributed by atoms with Crippen molar-refractivity contribution in [1.82, 2.24) is 4.98 Å². The van der Waals surface area contributed by atoms with Crippen LogP contribution in [0.1, 0.15) is 40.1 Å². The molecule has 25 heavy (non-hydrogen) atoms. The van der Waals surface area contributed by atoms with Crippen molar-refractivity contribution in [3.8, 4) is 11.3 Å². The molecule has 0 aliphatic heterocycles. The molecule has 0 bridgehead atoms. The van der Waals surface area contributed by atoms with Gasteiger partial charge in [-0.15, -0.1) is 11.3 Å². The van der Waals surface area contributed by atoms with Gasteiger partial charge in [0.2, 0.25) is 0 Å². The molecule has 0 saturated heterocycles. The Morgan fingerprint density at radius 2 is 1.92 bits per heavy atom. The molecular weight excluding hydrogens is 348 g/mol. The van der Waals surface area contributed by atoms with Crippen molar-refractivity contribution in [2.45, 2.75) is 39.0 Å². The normalized spacial score (nSPS) is 13.7. The van der Waals surface area contributed by atoms with Gasteiger partial charge in [0.05, 0.1) is 10.7 Å². The summed E-state index contributed by atoms with van der Waals surface area (Å²) in [5.74, 6) is 0. The summed E-state index contributed by atoms with van der Waals surface area (Å²) in [7, 11) is 0. The van der Waals surface area contributed by atoms with Gasteiger partial charge in [0.15, 0.2) is 0 Å². The van der Waals surface area contributed by atoms with Crippen LogP contribution in [-0.2, 0) is 19.3 Å². The second kappa shape index (κ2) is 6.81. The zero-order valence-corrected chi connectivity index (χ0v) is 15.9. The molecule has 4 rings (SSSR count). The van der Waals surface area contributed by atoms with E-state index in [1.54, 1.807) is 11.3 Å². The molecule has 0 saturated carbocycles. The highest BCUT2D eigenvalue weighted by atomic mass is 35.5. The van der Waals surface area contributed by atoms with E-state index in [2.05, 4.69) is 29.6 Å². The molecule has 0 amide bonds. The molecule has 128 valence electrons. The van der Waals surface area contributed by atoms with Crippen molar-refractivity contribution >= 4 is 28.6 Å². The third kappa shape index (κ3) is 3.44. The molecule has 2 nitrogen and oxygen atoms in total. The van der Waals surface area contributed by atoms with Gasteiger partial charge in [-0.25, -0.2) is 4.98 Å². The van der Waals surface area contributed by atoms with Crippen LogP contribution in [0.2, 0.25) is 5.02 Å². The molecule has 1 aliphatic rings. The molecule has 0 unspecified atom stereocenters. The van der Waals surface area contributed by atoms with E-state index in [9.17, 15) is 0 Å². The lowest BCUT2D eigenvalue weighted by Crippen LogP contribution is -2.02. The summed E-state index contributed by atoms with van der Waals surface area (Å²) in [5.41, 5.74) is 14.1. The first-order chi connectivity index (χ1) is 12.1. The summed E-state index contributed by atoms with van der Waals surface area (Å²) < 4.78 is 0. The standard InChI is InChI=1S/C21H21ClN2S/c1-13-8-17(18(22)11-19(13)23)10-21-24-20(12-25-21)16-7-6-14-4-2-3-5-15(14)9-16/h6-9,11-12H,2-5,10,23H2,1H3. The van der Waals surface area contributed by atoms with E-state index in [-0.39, 0.29) is 0 Å². The number of nitrogens with two attached hydrogens (primary N) is 1. The maximum atomic E-state index is 6.35. The second-order valence-corrected chi connectivity index (χ2v) is 8.14. The summed E-state index contributed by atoms with van der Waals surface area (Å²) >= 11 is 8.05.